The van der Waals surface area contributed by atoms with Gasteiger partial charge in [-0.3, -0.25) is 10.1 Å². The zero-order chi connectivity index (χ0) is 18.9. The lowest BCUT2D eigenvalue weighted by Crippen LogP contribution is -2.12. The second-order valence-corrected chi connectivity index (χ2v) is 7.74. The Hall–Kier alpha value is -3.36. The first-order chi connectivity index (χ1) is 13.8. The molecule has 4 aromatic heterocycles. The number of benzene rings is 1. The van der Waals surface area contributed by atoms with Crippen molar-refractivity contribution in [2.75, 3.05) is 5.32 Å². The van der Waals surface area contributed by atoms with Crippen molar-refractivity contribution in [2.24, 2.45) is 0 Å². The van der Waals surface area contributed by atoms with Gasteiger partial charge in [0.05, 0.1) is 21.5 Å². The molecule has 136 valence electrons. The van der Waals surface area contributed by atoms with Crippen LogP contribution in [-0.2, 0) is 0 Å². The minimum atomic E-state index is -0.277. The number of nitrogens with one attached hydrogen (secondary N) is 1. The second kappa shape index (κ2) is 6.99. The molecule has 5 aromatic rings. The van der Waals surface area contributed by atoms with Gasteiger partial charge in [-0.15, -0.1) is 22.7 Å². The monoisotopic (exact) mass is 404 g/mol. The molecule has 5 rings (SSSR count). The number of thiazole rings is 1. The summed E-state index contributed by atoms with van der Waals surface area (Å²) in [5, 5.41) is 11.9. The number of anilines is 1. The fraction of sp³-hybridized carbons (Fsp3) is 0. The van der Waals surface area contributed by atoms with Crippen molar-refractivity contribution in [3.63, 3.8) is 0 Å². The van der Waals surface area contributed by atoms with Gasteiger partial charge in [-0.05, 0) is 17.5 Å². The molecule has 4 heterocycles. The Bertz CT molecular complexity index is 1250. The average molecular weight is 404 g/mol. The van der Waals surface area contributed by atoms with Crippen molar-refractivity contribution in [1.82, 2.24) is 15.1 Å². The lowest BCUT2D eigenvalue weighted by Gasteiger charge is -2.06. The molecule has 1 N–H and O–H groups in total. The van der Waals surface area contributed by atoms with Crippen molar-refractivity contribution < 1.29 is 9.32 Å². The zero-order valence-electron chi connectivity index (χ0n) is 14.3. The van der Waals surface area contributed by atoms with Gasteiger partial charge in [-0.1, -0.05) is 41.6 Å². The van der Waals surface area contributed by atoms with Crippen LogP contribution in [0.4, 0.5) is 5.13 Å². The van der Waals surface area contributed by atoms with Gasteiger partial charge < -0.3 is 4.52 Å². The number of pyridine rings is 1. The number of nitrogens with zero attached hydrogens (tertiary/aromatic N) is 3. The van der Waals surface area contributed by atoms with E-state index in [1.165, 1.54) is 11.3 Å². The third kappa shape index (κ3) is 2.98. The molecular formula is C20H12N4O2S2. The van der Waals surface area contributed by atoms with Crippen LogP contribution in [0.2, 0.25) is 0 Å². The molecule has 0 radical (unpaired) electrons. The first kappa shape index (κ1) is 16.8. The van der Waals surface area contributed by atoms with Crippen LogP contribution in [0.3, 0.4) is 0 Å². The van der Waals surface area contributed by atoms with E-state index in [9.17, 15) is 4.79 Å². The Labute approximate surface area is 167 Å². The summed E-state index contributed by atoms with van der Waals surface area (Å²) in [6, 6.07) is 15.3. The van der Waals surface area contributed by atoms with E-state index in [0.29, 0.717) is 33.2 Å². The van der Waals surface area contributed by atoms with Crippen molar-refractivity contribution in [2.45, 2.75) is 0 Å². The molecule has 0 aliphatic heterocycles. The quantitative estimate of drug-likeness (QED) is 0.438. The third-order valence-electron chi connectivity index (χ3n) is 4.16. The van der Waals surface area contributed by atoms with E-state index in [1.54, 1.807) is 23.6 Å². The summed E-state index contributed by atoms with van der Waals surface area (Å²) in [5.74, 6) is -0.277. The molecule has 1 amide bonds. The van der Waals surface area contributed by atoms with Gasteiger partial charge in [0, 0.05) is 17.1 Å². The molecule has 0 aliphatic rings. The number of thiophene rings is 1. The van der Waals surface area contributed by atoms with Gasteiger partial charge in [0.1, 0.15) is 5.69 Å². The number of fused-ring (bicyclic) bond motifs is 1. The number of aromatic nitrogens is 3. The Kier molecular flexibility index (Phi) is 4.19. The van der Waals surface area contributed by atoms with Crippen LogP contribution in [0, 0.1) is 0 Å². The largest absolute Gasteiger partial charge is 0.335 e. The van der Waals surface area contributed by atoms with Crippen LogP contribution < -0.4 is 5.32 Å². The van der Waals surface area contributed by atoms with E-state index < -0.39 is 0 Å². The molecule has 0 bridgehead atoms. The summed E-state index contributed by atoms with van der Waals surface area (Å²) in [6.07, 6.45) is 1.65. The molecule has 0 atom stereocenters. The van der Waals surface area contributed by atoms with E-state index in [1.807, 2.05) is 53.2 Å². The molecule has 0 fully saturated rings. The van der Waals surface area contributed by atoms with Gasteiger partial charge in [0.25, 0.3) is 11.6 Å². The summed E-state index contributed by atoms with van der Waals surface area (Å²) in [6.45, 7) is 0. The first-order valence-electron chi connectivity index (χ1n) is 8.40. The normalized spacial score (nSPS) is 11.0. The number of carbonyl (C=O) groups is 1. The third-order valence-corrected chi connectivity index (χ3v) is 5.75. The SMILES string of the molecule is O=C(Nc1nccs1)c1cc(-c2cccs2)nc2onc(-c3ccccc3)c12. The summed E-state index contributed by atoms with van der Waals surface area (Å²) >= 11 is 2.91. The molecule has 28 heavy (non-hydrogen) atoms. The van der Waals surface area contributed by atoms with Gasteiger partial charge >= 0.3 is 0 Å². The molecule has 0 unspecified atom stereocenters. The number of amides is 1. The number of rotatable bonds is 4. The zero-order valence-corrected chi connectivity index (χ0v) is 16.0. The van der Waals surface area contributed by atoms with Crippen molar-refractivity contribution in [1.29, 1.82) is 0 Å². The molecule has 6 nitrogen and oxygen atoms in total. The summed E-state index contributed by atoms with van der Waals surface area (Å²) < 4.78 is 5.52. The Morgan fingerprint density at radius 3 is 2.68 bits per heavy atom. The minimum absolute atomic E-state index is 0.277. The molecule has 0 aliphatic carbocycles. The highest BCUT2D eigenvalue weighted by molar-refractivity contribution is 7.14. The minimum Gasteiger partial charge on any atom is -0.335 e. The van der Waals surface area contributed by atoms with E-state index >= 15 is 0 Å². The van der Waals surface area contributed by atoms with E-state index in [2.05, 4.69) is 20.4 Å². The summed E-state index contributed by atoms with van der Waals surface area (Å²) in [4.78, 5) is 22.8. The van der Waals surface area contributed by atoms with Crippen molar-refractivity contribution in [3.05, 3.63) is 71.1 Å². The molecule has 8 heteroatoms. The maximum absolute atomic E-state index is 13.1. The highest BCUT2D eigenvalue weighted by Gasteiger charge is 2.22. The lowest BCUT2D eigenvalue weighted by molar-refractivity contribution is 0.102. The van der Waals surface area contributed by atoms with Crippen LogP contribution in [0.15, 0.2) is 70.0 Å². The lowest BCUT2D eigenvalue weighted by atomic mass is 10.0. The van der Waals surface area contributed by atoms with Crippen LogP contribution in [0.25, 0.3) is 32.9 Å². The van der Waals surface area contributed by atoms with Crippen LogP contribution in [0.5, 0.6) is 0 Å². The predicted molar refractivity (Wildman–Crippen MR) is 111 cm³/mol. The first-order valence-corrected chi connectivity index (χ1v) is 10.2. The van der Waals surface area contributed by atoms with E-state index in [-0.39, 0.29) is 5.91 Å². The number of hydrogen-bond acceptors (Lipinski definition) is 7. The van der Waals surface area contributed by atoms with E-state index in [4.69, 9.17) is 4.52 Å². The predicted octanol–water partition coefficient (Wildman–Crippen LogP) is 5.33. The van der Waals surface area contributed by atoms with Crippen molar-refractivity contribution in [3.8, 4) is 21.8 Å². The van der Waals surface area contributed by atoms with Gasteiger partial charge in [0.15, 0.2) is 5.13 Å². The number of carbonyl (C=O) groups excluding carboxylic acids is 1. The van der Waals surface area contributed by atoms with Gasteiger partial charge in [-0.2, -0.15) is 0 Å². The smallest absolute Gasteiger partial charge is 0.259 e. The van der Waals surface area contributed by atoms with Crippen LogP contribution in [-0.4, -0.2) is 21.0 Å². The maximum Gasteiger partial charge on any atom is 0.259 e. The van der Waals surface area contributed by atoms with Crippen LogP contribution >= 0.6 is 22.7 Å². The summed E-state index contributed by atoms with van der Waals surface area (Å²) in [7, 11) is 0. The summed E-state index contributed by atoms with van der Waals surface area (Å²) in [5.41, 5.74) is 2.89. The fourth-order valence-corrected chi connectivity index (χ4v) is 4.13. The highest BCUT2D eigenvalue weighted by Crippen LogP contribution is 2.34. The van der Waals surface area contributed by atoms with Gasteiger partial charge in [0.2, 0.25) is 0 Å². The van der Waals surface area contributed by atoms with Crippen molar-refractivity contribution >= 4 is 44.8 Å². The molecule has 0 saturated heterocycles. The number of hydrogen-bond donors (Lipinski definition) is 1. The Morgan fingerprint density at radius 1 is 1.04 bits per heavy atom. The standard InChI is InChI=1S/C20H12N4O2S2/c25-18(23-20-21-8-10-28-20)13-11-14(15-7-4-9-27-15)22-19-16(13)17(24-26-19)12-5-2-1-3-6-12/h1-11H,(H,21,23,25). The molecule has 0 saturated carbocycles. The van der Waals surface area contributed by atoms with E-state index in [0.717, 1.165) is 10.4 Å². The topological polar surface area (TPSA) is 80.9 Å². The average Bonchev–Trinajstić information content (AvgIpc) is 3.49. The molecule has 0 spiro atoms. The van der Waals surface area contributed by atoms with Crippen LogP contribution in [0.1, 0.15) is 10.4 Å². The molecule has 1 aromatic carbocycles. The van der Waals surface area contributed by atoms with Gasteiger partial charge in [-0.25, -0.2) is 9.97 Å². The highest BCUT2D eigenvalue weighted by atomic mass is 32.1. The molecular weight excluding hydrogens is 392 g/mol. The Morgan fingerprint density at radius 2 is 1.93 bits per heavy atom. The second-order valence-electron chi connectivity index (χ2n) is 5.90. The maximum atomic E-state index is 13.1. The Balaban J connectivity index is 1.71. The fourth-order valence-electron chi connectivity index (χ4n) is 2.92.